The normalized spacial score (nSPS) is 11.2. The van der Waals surface area contributed by atoms with Gasteiger partial charge in [-0.05, 0) is 66.8 Å². The molecule has 1 N–H and O–H groups in total. The number of fused-ring (bicyclic) bond motifs is 1. The molecule has 0 radical (unpaired) electrons. The minimum Gasteiger partial charge on any atom is -0.492 e. The first kappa shape index (κ1) is 21.1. The van der Waals surface area contributed by atoms with Gasteiger partial charge in [-0.25, -0.2) is 4.79 Å². The van der Waals surface area contributed by atoms with Crippen molar-refractivity contribution in [3.63, 3.8) is 0 Å². The third kappa shape index (κ3) is 5.71. The van der Waals surface area contributed by atoms with Crippen LogP contribution in [0, 0.1) is 0 Å². The van der Waals surface area contributed by atoms with Crippen molar-refractivity contribution in [1.82, 2.24) is 9.47 Å². The maximum atomic E-state index is 12.3. The number of aromatic nitrogens is 1. The Bertz CT molecular complexity index is 1040. The van der Waals surface area contributed by atoms with Gasteiger partial charge < -0.3 is 19.4 Å². The number of benzene rings is 2. The van der Waals surface area contributed by atoms with Crippen LogP contribution in [-0.4, -0.2) is 42.6 Å². The molecular formula is C21H24BrN3O4. The van der Waals surface area contributed by atoms with E-state index in [1.165, 1.54) is 0 Å². The second-order valence-electron chi connectivity index (χ2n) is 6.94. The van der Waals surface area contributed by atoms with Gasteiger partial charge in [0.1, 0.15) is 5.75 Å². The number of halogens is 1. The molecule has 0 spiro atoms. The molecule has 2 aromatic carbocycles. The summed E-state index contributed by atoms with van der Waals surface area (Å²) in [5.41, 5.74) is 1.81. The Labute approximate surface area is 177 Å². The highest BCUT2D eigenvalue weighted by Gasteiger charge is 2.11. The number of carbonyl (C=O) groups is 1. The van der Waals surface area contributed by atoms with Gasteiger partial charge in [0.25, 0.3) is 0 Å². The third-order valence-corrected chi connectivity index (χ3v) is 5.02. The number of hydrogen-bond acceptors (Lipinski definition) is 5. The van der Waals surface area contributed by atoms with Crippen molar-refractivity contribution < 1.29 is 13.9 Å². The van der Waals surface area contributed by atoms with Gasteiger partial charge in [0.05, 0.1) is 16.6 Å². The Hall–Kier alpha value is -2.58. The van der Waals surface area contributed by atoms with Crippen LogP contribution in [0.25, 0.3) is 11.1 Å². The van der Waals surface area contributed by atoms with E-state index >= 15 is 0 Å². The van der Waals surface area contributed by atoms with Crippen LogP contribution >= 0.6 is 15.9 Å². The fourth-order valence-electron chi connectivity index (χ4n) is 2.85. The fourth-order valence-corrected chi connectivity index (χ4v) is 3.25. The molecule has 3 aromatic rings. The van der Waals surface area contributed by atoms with Gasteiger partial charge in [-0.2, -0.15) is 0 Å². The van der Waals surface area contributed by atoms with E-state index in [0.29, 0.717) is 49.3 Å². The summed E-state index contributed by atoms with van der Waals surface area (Å²) in [6.07, 6.45) is 0.927. The quantitative estimate of drug-likeness (QED) is 0.491. The van der Waals surface area contributed by atoms with Crippen molar-refractivity contribution in [2.75, 3.05) is 32.6 Å². The Morgan fingerprint density at radius 1 is 1.24 bits per heavy atom. The van der Waals surface area contributed by atoms with Crippen LogP contribution in [0.15, 0.2) is 56.1 Å². The third-order valence-electron chi connectivity index (χ3n) is 4.36. The van der Waals surface area contributed by atoms with Gasteiger partial charge in [-0.15, -0.1) is 0 Å². The standard InChI is InChI=1S/C21H24BrN3O4/c1-24(2)11-12-25-17-14-15(9-10-19(17)29-21(25)27)23-20(26)8-5-13-28-18-7-4-3-6-16(18)22/h3-4,6-7,9-10,14H,5,8,11-13H2,1-2H3,(H,23,26). The molecule has 0 saturated carbocycles. The van der Waals surface area contributed by atoms with Crippen LogP contribution in [0.3, 0.4) is 0 Å². The maximum absolute atomic E-state index is 12.3. The van der Waals surface area contributed by atoms with Gasteiger partial charge in [0.15, 0.2) is 5.58 Å². The molecule has 0 saturated heterocycles. The number of oxazole rings is 1. The number of rotatable bonds is 9. The average molecular weight is 462 g/mol. The lowest BCUT2D eigenvalue weighted by atomic mass is 10.2. The first-order chi connectivity index (χ1) is 13.9. The SMILES string of the molecule is CN(C)CCn1c(=O)oc2ccc(NC(=O)CCCOc3ccccc3Br)cc21. The van der Waals surface area contributed by atoms with Gasteiger partial charge in [-0.1, -0.05) is 12.1 Å². The van der Waals surface area contributed by atoms with Gasteiger partial charge >= 0.3 is 5.76 Å². The summed E-state index contributed by atoms with van der Waals surface area (Å²) >= 11 is 3.43. The molecule has 1 heterocycles. The molecule has 7 nitrogen and oxygen atoms in total. The first-order valence-electron chi connectivity index (χ1n) is 9.39. The zero-order valence-corrected chi connectivity index (χ0v) is 18.1. The lowest BCUT2D eigenvalue weighted by Gasteiger charge is -2.10. The minimum atomic E-state index is -0.394. The summed E-state index contributed by atoms with van der Waals surface area (Å²) in [4.78, 5) is 26.3. The van der Waals surface area contributed by atoms with Crippen molar-refractivity contribution in [2.24, 2.45) is 0 Å². The first-order valence-corrected chi connectivity index (χ1v) is 10.2. The Morgan fingerprint density at radius 2 is 2.03 bits per heavy atom. The molecule has 0 atom stereocenters. The van der Waals surface area contributed by atoms with E-state index in [1.807, 2.05) is 43.3 Å². The number of likely N-dealkylation sites (N-methyl/N-ethyl adjacent to an activating group) is 1. The van der Waals surface area contributed by atoms with Gasteiger partial charge in [-0.3, -0.25) is 9.36 Å². The van der Waals surface area contributed by atoms with Crippen molar-refractivity contribution in [3.05, 3.63) is 57.5 Å². The number of amides is 1. The number of anilines is 1. The van der Waals surface area contributed by atoms with E-state index in [2.05, 4.69) is 21.2 Å². The Kier molecular flexibility index (Phi) is 7.11. The summed E-state index contributed by atoms with van der Waals surface area (Å²) in [5, 5.41) is 2.87. The highest BCUT2D eigenvalue weighted by Crippen LogP contribution is 2.24. The van der Waals surface area contributed by atoms with Gasteiger partial charge in [0.2, 0.25) is 5.91 Å². The molecule has 154 valence electrons. The van der Waals surface area contributed by atoms with E-state index in [4.69, 9.17) is 9.15 Å². The summed E-state index contributed by atoms with van der Waals surface area (Å²) < 4.78 is 13.4. The lowest BCUT2D eigenvalue weighted by Crippen LogP contribution is -2.23. The van der Waals surface area contributed by atoms with Crippen LogP contribution < -0.4 is 15.8 Å². The molecular weight excluding hydrogens is 438 g/mol. The van der Waals surface area contributed by atoms with Crippen molar-refractivity contribution >= 4 is 38.6 Å². The summed E-state index contributed by atoms with van der Waals surface area (Å²) in [7, 11) is 3.89. The molecule has 0 aliphatic carbocycles. The molecule has 29 heavy (non-hydrogen) atoms. The van der Waals surface area contributed by atoms with E-state index in [0.717, 1.165) is 10.2 Å². The number of nitrogens with zero attached hydrogens (tertiary/aromatic N) is 2. The predicted molar refractivity (Wildman–Crippen MR) is 117 cm³/mol. The number of ether oxygens (including phenoxy) is 1. The van der Waals surface area contributed by atoms with Crippen LogP contribution in [0.2, 0.25) is 0 Å². The number of nitrogens with one attached hydrogen (secondary N) is 1. The molecule has 0 aliphatic rings. The molecule has 1 amide bonds. The number of hydrogen-bond donors (Lipinski definition) is 1. The largest absolute Gasteiger partial charge is 0.492 e. The number of carbonyl (C=O) groups excluding carboxylic acids is 1. The topological polar surface area (TPSA) is 76.7 Å². The van der Waals surface area contributed by atoms with E-state index < -0.39 is 5.76 Å². The maximum Gasteiger partial charge on any atom is 0.419 e. The summed E-state index contributed by atoms with van der Waals surface area (Å²) in [6, 6.07) is 12.8. The number of para-hydroxylation sites is 1. The van der Waals surface area contributed by atoms with Crippen LogP contribution in [-0.2, 0) is 11.3 Å². The van der Waals surface area contributed by atoms with Crippen molar-refractivity contribution in [2.45, 2.75) is 19.4 Å². The van der Waals surface area contributed by atoms with E-state index in [9.17, 15) is 9.59 Å². The smallest absolute Gasteiger partial charge is 0.419 e. The van der Waals surface area contributed by atoms with Crippen molar-refractivity contribution in [3.8, 4) is 5.75 Å². The molecule has 0 bridgehead atoms. The van der Waals surface area contributed by atoms with Crippen molar-refractivity contribution in [1.29, 1.82) is 0 Å². The summed E-state index contributed by atoms with van der Waals surface area (Å²) in [6.45, 7) is 1.67. The monoisotopic (exact) mass is 461 g/mol. The molecule has 0 unspecified atom stereocenters. The molecule has 0 fully saturated rings. The Morgan fingerprint density at radius 3 is 2.79 bits per heavy atom. The van der Waals surface area contributed by atoms with Crippen LogP contribution in [0.5, 0.6) is 5.75 Å². The lowest BCUT2D eigenvalue weighted by molar-refractivity contribution is -0.116. The highest BCUT2D eigenvalue weighted by atomic mass is 79.9. The Balaban J connectivity index is 1.56. The molecule has 8 heteroatoms. The zero-order valence-electron chi connectivity index (χ0n) is 16.5. The predicted octanol–water partition coefficient (Wildman–Crippen LogP) is 3.72. The molecule has 0 aliphatic heterocycles. The van der Waals surface area contributed by atoms with E-state index in [1.54, 1.807) is 22.8 Å². The second-order valence-corrected chi connectivity index (χ2v) is 7.79. The highest BCUT2D eigenvalue weighted by molar-refractivity contribution is 9.10. The van der Waals surface area contributed by atoms with Gasteiger partial charge in [0, 0.05) is 25.2 Å². The summed E-state index contributed by atoms with van der Waals surface area (Å²) in [5.74, 6) is 0.259. The second kappa shape index (κ2) is 9.76. The fraction of sp³-hybridized carbons (Fsp3) is 0.333. The molecule has 3 rings (SSSR count). The minimum absolute atomic E-state index is 0.106. The zero-order chi connectivity index (χ0) is 20.8. The average Bonchev–Trinajstić information content (AvgIpc) is 2.99. The van der Waals surface area contributed by atoms with E-state index in [-0.39, 0.29) is 5.91 Å². The molecule has 1 aromatic heterocycles. The van der Waals surface area contributed by atoms with Crippen LogP contribution in [0.1, 0.15) is 12.8 Å². The van der Waals surface area contributed by atoms with Crippen LogP contribution in [0.4, 0.5) is 5.69 Å².